The van der Waals surface area contributed by atoms with E-state index in [2.05, 4.69) is 0 Å². The highest BCUT2D eigenvalue weighted by molar-refractivity contribution is 5.62. The van der Waals surface area contributed by atoms with E-state index in [0.717, 1.165) is 24.1 Å². The van der Waals surface area contributed by atoms with Crippen LogP contribution in [0.3, 0.4) is 0 Å². The molecule has 1 heterocycles. The summed E-state index contributed by atoms with van der Waals surface area (Å²) in [6, 6.07) is 2.39. The fourth-order valence-corrected chi connectivity index (χ4v) is 2.85. The van der Waals surface area contributed by atoms with Crippen LogP contribution >= 0.6 is 0 Å². The van der Waals surface area contributed by atoms with Crippen LogP contribution in [0.25, 0.3) is 0 Å². The summed E-state index contributed by atoms with van der Waals surface area (Å²) in [4.78, 5) is 1.03. The van der Waals surface area contributed by atoms with Crippen molar-refractivity contribution in [2.45, 2.75) is 31.2 Å². The van der Waals surface area contributed by atoms with Gasteiger partial charge in [0, 0.05) is 13.0 Å². The smallest absolute Gasteiger partial charge is 0.419 e. The van der Waals surface area contributed by atoms with Gasteiger partial charge in [-0.1, -0.05) is 0 Å². The molecule has 1 aliphatic rings. The molecule has 24 heavy (non-hydrogen) atoms. The molecule has 0 aromatic heterocycles. The molecule has 0 aliphatic carbocycles. The molecule has 4 nitrogen and oxygen atoms in total. The molecule has 0 saturated carbocycles. The average molecular weight is 350 g/mol. The van der Waals surface area contributed by atoms with Gasteiger partial charge in [-0.2, -0.15) is 22.8 Å². The minimum Gasteiger partial charge on any atom is -0.491 e. The molecule has 0 bridgehead atoms. The lowest BCUT2D eigenvalue weighted by atomic mass is 10.00. The number of ether oxygens (including phenoxy) is 2. The van der Waals surface area contributed by atoms with Gasteiger partial charge < -0.3 is 14.4 Å². The van der Waals surface area contributed by atoms with Crippen molar-refractivity contribution in [3.63, 3.8) is 0 Å². The molecule has 9 heteroatoms. The number of anilines is 1. The van der Waals surface area contributed by atoms with Crippen LogP contribution in [0.1, 0.15) is 13.3 Å². The topological polar surface area (TPSA) is 45.5 Å². The number of nitrogens with zero attached hydrogens (tertiary/aromatic N) is 2. The quantitative estimate of drug-likeness (QED) is 0.781. The van der Waals surface area contributed by atoms with Gasteiger partial charge in [0.25, 0.3) is 0 Å². The molecule has 1 aromatic carbocycles. The van der Waals surface area contributed by atoms with Crippen LogP contribution in [0.2, 0.25) is 0 Å². The second-order valence-corrected chi connectivity index (χ2v) is 5.32. The van der Waals surface area contributed by atoms with E-state index in [-0.39, 0.29) is 12.3 Å². The molecule has 2 atom stereocenters. The SMILES string of the molecule is CCOC1(C(F)(F)F)CC(C#N)N(c2ccc(F)c(F)c2OC)C1. The fourth-order valence-electron chi connectivity index (χ4n) is 2.85. The number of hydrogen-bond acceptors (Lipinski definition) is 4. The van der Waals surface area contributed by atoms with Crippen LogP contribution in [0.4, 0.5) is 27.6 Å². The number of alkyl halides is 3. The van der Waals surface area contributed by atoms with Gasteiger partial charge in [-0.25, -0.2) is 4.39 Å². The summed E-state index contributed by atoms with van der Waals surface area (Å²) in [5, 5.41) is 9.23. The summed E-state index contributed by atoms with van der Waals surface area (Å²) in [5.74, 6) is -3.08. The first-order chi connectivity index (χ1) is 11.2. The molecule has 0 spiro atoms. The lowest BCUT2D eigenvalue weighted by Crippen LogP contribution is -2.50. The highest BCUT2D eigenvalue weighted by Crippen LogP contribution is 2.46. The van der Waals surface area contributed by atoms with Crippen LogP contribution in [-0.4, -0.2) is 38.1 Å². The average Bonchev–Trinajstić information content (AvgIpc) is 2.90. The molecule has 2 unspecified atom stereocenters. The maximum atomic E-state index is 13.9. The van der Waals surface area contributed by atoms with E-state index in [1.165, 1.54) is 6.92 Å². The first-order valence-corrected chi connectivity index (χ1v) is 7.09. The number of halogens is 5. The Hall–Kier alpha value is -2.08. The third-order valence-corrected chi connectivity index (χ3v) is 3.95. The number of methoxy groups -OCH3 is 1. The van der Waals surface area contributed by atoms with Crippen LogP contribution in [-0.2, 0) is 4.74 Å². The van der Waals surface area contributed by atoms with Gasteiger partial charge in [-0.05, 0) is 19.1 Å². The van der Waals surface area contributed by atoms with E-state index in [9.17, 15) is 27.2 Å². The first-order valence-electron chi connectivity index (χ1n) is 7.09. The molecule has 0 amide bonds. The summed E-state index contributed by atoms with van der Waals surface area (Å²) in [7, 11) is 1.07. The molecule has 2 rings (SSSR count). The highest BCUT2D eigenvalue weighted by atomic mass is 19.4. The molecule has 1 aromatic rings. The van der Waals surface area contributed by atoms with Gasteiger partial charge in [0.2, 0.25) is 5.82 Å². The van der Waals surface area contributed by atoms with Gasteiger partial charge in [0.1, 0.15) is 6.04 Å². The van der Waals surface area contributed by atoms with Crippen LogP contribution in [0.5, 0.6) is 5.75 Å². The van der Waals surface area contributed by atoms with Crippen LogP contribution in [0, 0.1) is 23.0 Å². The van der Waals surface area contributed by atoms with Crippen molar-refractivity contribution in [2.75, 3.05) is 25.2 Å². The third-order valence-electron chi connectivity index (χ3n) is 3.95. The molecule has 1 aliphatic heterocycles. The first kappa shape index (κ1) is 18.3. The van der Waals surface area contributed by atoms with Crippen molar-refractivity contribution in [2.24, 2.45) is 0 Å². The third kappa shape index (κ3) is 2.86. The van der Waals surface area contributed by atoms with E-state index >= 15 is 0 Å². The van der Waals surface area contributed by atoms with Crippen molar-refractivity contribution in [3.8, 4) is 11.8 Å². The van der Waals surface area contributed by atoms with Gasteiger partial charge in [-0.15, -0.1) is 0 Å². The number of nitriles is 1. The summed E-state index contributed by atoms with van der Waals surface area (Å²) < 4.78 is 77.4. The van der Waals surface area contributed by atoms with Gasteiger partial charge >= 0.3 is 6.18 Å². The monoisotopic (exact) mass is 350 g/mol. The minimum atomic E-state index is -4.72. The zero-order chi connectivity index (χ0) is 18.1. The minimum absolute atomic E-state index is 0.131. The Morgan fingerprint density at radius 2 is 2.04 bits per heavy atom. The van der Waals surface area contributed by atoms with Crippen LogP contribution in [0.15, 0.2) is 12.1 Å². The van der Waals surface area contributed by atoms with Crippen molar-refractivity contribution < 1.29 is 31.4 Å². The summed E-state index contributed by atoms with van der Waals surface area (Å²) in [6.45, 7) is 0.486. The maximum absolute atomic E-state index is 13.9. The standard InChI is InChI=1S/C15H15F5N2O2/c1-3-24-14(15(18,19)20)6-9(7-21)22(8-14)11-5-4-10(16)12(17)13(11)23-2/h4-5,9H,3,6,8H2,1-2H3. The van der Waals surface area contributed by atoms with Gasteiger partial charge in [0.05, 0.1) is 25.4 Å². The predicted molar refractivity (Wildman–Crippen MR) is 74.7 cm³/mol. The Balaban J connectivity index is 2.52. The second kappa shape index (κ2) is 6.43. The molecule has 1 fully saturated rings. The lowest BCUT2D eigenvalue weighted by Gasteiger charge is -2.31. The zero-order valence-corrected chi connectivity index (χ0v) is 13.0. The Bertz CT molecular complexity index is 658. The number of rotatable bonds is 4. The molecular formula is C15H15F5N2O2. The van der Waals surface area contributed by atoms with E-state index in [1.54, 1.807) is 6.07 Å². The van der Waals surface area contributed by atoms with E-state index in [4.69, 9.17) is 9.47 Å². The molecule has 0 N–H and O–H groups in total. The normalized spacial score (nSPS) is 24.1. The molecule has 132 valence electrons. The molecule has 0 radical (unpaired) electrons. The Morgan fingerprint density at radius 1 is 1.38 bits per heavy atom. The van der Waals surface area contributed by atoms with Gasteiger partial charge in [-0.3, -0.25) is 0 Å². The Kier molecular flexibility index (Phi) is 4.90. The molecular weight excluding hydrogens is 335 g/mol. The maximum Gasteiger partial charge on any atom is 0.419 e. The van der Waals surface area contributed by atoms with Crippen molar-refractivity contribution in [1.82, 2.24) is 0 Å². The summed E-state index contributed by atoms with van der Waals surface area (Å²) in [5.41, 5.74) is -2.69. The fraction of sp³-hybridized carbons (Fsp3) is 0.533. The van der Waals surface area contributed by atoms with Gasteiger partial charge in [0.15, 0.2) is 17.2 Å². The van der Waals surface area contributed by atoms with Crippen LogP contribution < -0.4 is 9.64 Å². The number of hydrogen-bond donors (Lipinski definition) is 0. The van der Waals surface area contributed by atoms with Crippen molar-refractivity contribution in [1.29, 1.82) is 5.26 Å². The van der Waals surface area contributed by atoms with Crippen molar-refractivity contribution in [3.05, 3.63) is 23.8 Å². The lowest BCUT2D eigenvalue weighted by molar-refractivity contribution is -0.268. The molecule has 1 saturated heterocycles. The predicted octanol–water partition coefficient (Wildman–Crippen LogP) is 3.41. The Labute approximate surface area is 135 Å². The number of benzene rings is 1. The van der Waals surface area contributed by atoms with E-state index in [0.29, 0.717) is 0 Å². The largest absolute Gasteiger partial charge is 0.491 e. The summed E-state index contributed by atoms with van der Waals surface area (Å²) in [6.07, 6.45) is -5.36. The summed E-state index contributed by atoms with van der Waals surface area (Å²) >= 11 is 0. The van der Waals surface area contributed by atoms with E-state index < -0.39 is 48.2 Å². The van der Waals surface area contributed by atoms with E-state index in [1.807, 2.05) is 0 Å². The van der Waals surface area contributed by atoms with Crippen molar-refractivity contribution >= 4 is 5.69 Å². The Morgan fingerprint density at radius 3 is 2.54 bits per heavy atom. The zero-order valence-electron chi connectivity index (χ0n) is 13.0. The highest BCUT2D eigenvalue weighted by Gasteiger charge is 2.62. The second-order valence-electron chi connectivity index (χ2n) is 5.32.